The molecule has 3 N–H and O–H groups in total. The van der Waals surface area contributed by atoms with Crippen molar-refractivity contribution in [3.63, 3.8) is 0 Å². The van der Waals surface area contributed by atoms with Crippen molar-refractivity contribution in [2.45, 2.75) is 24.0 Å². The van der Waals surface area contributed by atoms with Crippen LogP contribution in [0.1, 0.15) is 23.8 Å². The zero-order chi connectivity index (χ0) is 17.7. The number of aromatic nitrogens is 1. The maximum Gasteiger partial charge on any atom is 0.250 e. The number of halogens is 1. The molecule has 0 atom stereocenters. The number of anilines is 1. The lowest BCUT2D eigenvalue weighted by molar-refractivity contribution is -0.114. The van der Waals surface area contributed by atoms with E-state index >= 15 is 0 Å². The van der Waals surface area contributed by atoms with E-state index in [9.17, 15) is 13.2 Å². The number of carbonyl (C=O) groups excluding carboxylic acids is 1. The fraction of sp³-hybridized carbons (Fsp3) is 0.385. The van der Waals surface area contributed by atoms with Crippen LogP contribution in [0, 0.1) is 0 Å². The highest BCUT2D eigenvalue weighted by Gasteiger charge is 2.19. The van der Waals surface area contributed by atoms with E-state index in [0.717, 1.165) is 25.6 Å². The van der Waals surface area contributed by atoms with E-state index < -0.39 is 10.0 Å². The molecule has 0 fully saturated rings. The van der Waals surface area contributed by atoms with Crippen LogP contribution in [0.5, 0.6) is 0 Å². The van der Waals surface area contributed by atoms with Gasteiger partial charge in [0, 0.05) is 37.6 Å². The number of aliphatic hydroxyl groups is 1. The number of thiophene rings is 1. The molecule has 24 heavy (non-hydrogen) atoms. The first kappa shape index (κ1) is 19.5. The summed E-state index contributed by atoms with van der Waals surface area (Å²) in [4.78, 5) is 16.0. The largest absolute Gasteiger partial charge is 0.396 e. The highest BCUT2D eigenvalue weighted by molar-refractivity contribution is 9.11. The molecule has 0 aromatic carbocycles. The summed E-state index contributed by atoms with van der Waals surface area (Å²) in [5.41, 5.74) is 0.834. The van der Waals surface area contributed by atoms with Gasteiger partial charge in [-0.2, -0.15) is 0 Å². The van der Waals surface area contributed by atoms with E-state index in [1.54, 1.807) is 12.3 Å². The van der Waals surface area contributed by atoms with Gasteiger partial charge in [0.1, 0.15) is 4.21 Å². The Morgan fingerprint density at radius 3 is 2.83 bits per heavy atom. The minimum atomic E-state index is -3.58. The normalized spacial score (nSPS) is 11.6. The van der Waals surface area contributed by atoms with Crippen LogP contribution in [0.2, 0.25) is 0 Å². The summed E-state index contributed by atoms with van der Waals surface area (Å²) in [6, 6.07) is 1.62. The molecule has 2 aromatic heterocycles. The van der Waals surface area contributed by atoms with E-state index in [4.69, 9.17) is 5.11 Å². The number of hydrogen-bond donors (Lipinski definition) is 3. The first-order valence-corrected chi connectivity index (χ1v) is 10.8. The van der Waals surface area contributed by atoms with Crippen molar-refractivity contribution in [2.24, 2.45) is 0 Å². The third kappa shape index (κ3) is 5.33. The van der Waals surface area contributed by atoms with Crippen molar-refractivity contribution >= 4 is 59.7 Å². The fourth-order valence-electron chi connectivity index (χ4n) is 1.78. The molecule has 1 amide bonds. The Morgan fingerprint density at radius 2 is 2.17 bits per heavy atom. The summed E-state index contributed by atoms with van der Waals surface area (Å²) in [5.74, 6) is -0.185. The van der Waals surface area contributed by atoms with Gasteiger partial charge in [0.15, 0.2) is 5.13 Å². The van der Waals surface area contributed by atoms with Crippen molar-refractivity contribution in [1.29, 1.82) is 0 Å². The zero-order valence-electron chi connectivity index (χ0n) is 12.7. The molecule has 0 aliphatic heterocycles. The molecule has 0 saturated carbocycles. The topological polar surface area (TPSA) is 108 Å². The predicted molar refractivity (Wildman–Crippen MR) is 98.1 cm³/mol. The number of hydrogen-bond acceptors (Lipinski definition) is 7. The van der Waals surface area contributed by atoms with Crippen LogP contribution in [0.3, 0.4) is 0 Å². The zero-order valence-corrected chi connectivity index (χ0v) is 16.7. The van der Waals surface area contributed by atoms with E-state index in [2.05, 4.69) is 31.0 Å². The molecule has 0 radical (unpaired) electrons. The quantitative estimate of drug-likeness (QED) is 0.530. The van der Waals surface area contributed by atoms with E-state index in [-0.39, 0.29) is 23.3 Å². The lowest BCUT2D eigenvalue weighted by Gasteiger charge is -2.02. The maximum atomic E-state index is 12.2. The highest BCUT2D eigenvalue weighted by atomic mass is 79.9. The van der Waals surface area contributed by atoms with Crippen LogP contribution in [-0.2, 0) is 21.2 Å². The molecule has 132 valence electrons. The molecule has 2 rings (SSSR count). The van der Waals surface area contributed by atoms with Gasteiger partial charge in [-0.1, -0.05) is 0 Å². The summed E-state index contributed by atoms with van der Waals surface area (Å²) in [7, 11) is -3.58. The predicted octanol–water partition coefficient (Wildman–Crippen LogP) is 2.18. The molecule has 0 saturated heterocycles. The van der Waals surface area contributed by atoms with Crippen LogP contribution in [0.25, 0.3) is 0 Å². The number of nitrogens with one attached hydrogen (secondary N) is 2. The number of nitrogens with zero attached hydrogens (tertiary/aromatic N) is 1. The molecule has 0 spiro atoms. The van der Waals surface area contributed by atoms with Crippen molar-refractivity contribution in [3.8, 4) is 0 Å². The van der Waals surface area contributed by atoms with Crippen molar-refractivity contribution in [1.82, 2.24) is 9.71 Å². The van der Waals surface area contributed by atoms with Gasteiger partial charge in [0.25, 0.3) is 0 Å². The second-order valence-electron chi connectivity index (χ2n) is 4.83. The molecule has 11 heteroatoms. The molecule has 0 aliphatic rings. The van der Waals surface area contributed by atoms with Crippen molar-refractivity contribution in [2.75, 3.05) is 18.5 Å². The van der Waals surface area contributed by atoms with Crippen LogP contribution in [0.15, 0.2) is 20.3 Å². The second-order valence-corrected chi connectivity index (χ2v) is 10.3. The average Bonchev–Trinajstić information content (AvgIpc) is 3.07. The lowest BCUT2D eigenvalue weighted by Crippen LogP contribution is -2.24. The van der Waals surface area contributed by atoms with E-state index in [1.807, 2.05) is 0 Å². The monoisotopic (exact) mass is 453 g/mol. The number of amides is 1. The molecule has 2 heterocycles. The van der Waals surface area contributed by atoms with Crippen LogP contribution in [-0.4, -0.2) is 37.6 Å². The summed E-state index contributed by atoms with van der Waals surface area (Å²) >= 11 is 5.88. The number of thiazole rings is 1. The van der Waals surface area contributed by atoms with Gasteiger partial charge in [0.05, 0.1) is 3.79 Å². The number of sulfonamides is 1. The highest BCUT2D eigenvalue weighted by Crippen LogP contribution is 2.34. The number of aliphatic hydroxyl groups excluding tert-OH is 1. The summed E-state index contributed by atoms with van der Waals surface area (Å²) < 4.78 is 27.8. The molecule has 0 bridgehead atoms. The smallest absolute Gasteiger partial charge is 0.250 e. The SMILES string of the molecule is CC(=O)Nc1ncc(Cc2cc(S(=O)(=O)NCCCO)sc2Br)s1. The van der Waals surface area contributed by atoms with Gasteiger partial charge < -0.3 is 10.4 Å². The van der Waals surface area contributed by atoms with Gasteiger partial charge in [-0.15, -0.1) is 22.7 Å². The van der Waals surface area contributed by atoms with Crippen LogP contribution < -0.4 is 10.0 Å². The molecule has 2 aromatic rings. The van der Waals surface area contributed by atoms with E-state index in [0.29, 0.717) is 18.0 Å². The van der Waals surface area contributed by atoms with Crippen LogP contribution in [0.4, 0.5) is 5.13 Å². The van der Waals surface area contributed by atoms with Crippen molar-refractivity contribution in [3.05, 3.63) is 26.5 Å². The van der Waals surface area contributed by atoms with Gasteiger partial charge in [-0.3, -0.25) is 4.79 Å². The van der Waals surface area contributed by atoms with Gasteiger partial charge in [0.2, 0.25) is 15.9 Å². The minimum absolute atomic E-state index is 0.0656. The third-order valence-corrected chi connectivity index (χ3v) is 7.64. The van der Waals surface area contributed by atoms with Crippen LogP contribution >= 0.6 is 38.6 Å². The molecular formula is C13H16BrN3O4S3. The number of carbonyl (C=O) groups is 1. The number of rotatable bonds is 8. The Labute approximate surface area is 156 Å². The Balaban J connectivity index is 2.11. The Morgan fingerprint density at radius 1 is 1.42 bits per heavy atom. The lowest BCUT2D eigenvalue weighted by atomic mass is 10.2. The van der Waals surface area contributed by atoms with Gasteiger partial charge in [-0.25, -0.2) is 18.1 Å². The molecule has 7 nitrogen and oxygen atoms in total. The standard InChI is InChI=1S/C13H16BrN3O4S3/c1-8(19)17-13-15-7-10(22-13)5-9-6-11(23-12(9)14)24(20,21)16-3-2-4-18/h6-7,16,18H,2-5H2,1H3,(H,15,17,19). The third-order valence-electron chi connectivity index (χ3n) is 2.83. The van der Waals surface area contributed by atoms with E-state index in [1.165, 1.54) is 18.3 Å². The molecule has 0 aliphatic carbocycles. The Bertz CT molecular complexity index is 816. The second kappa shape index (κ2) is 8.50. The van der Waals surface area contributed by atoms with Crippen molar-refractivity contribution < 1.29 is 18.3 Å². The summed E-state index contributed by atoms with van der Waals surface area (Å²) in [6.07, 6.45) is 2.54. The fourth-order valence-corrected chi connectivity index (χ4v) is 6.12. The average molecular weight is 454 g/mol. The summed E-state index contributed by atoms with van der Waals surface area (Å²) in [6.45, 7) is 1.54. The maximum absolute atomic E-state index is 12.2. The molecular weight excluding hydrogens is 438 g/mol. The Hall–Kier alpha value is -0.850. The summed E-state index contributed by atoms with van der Waals surface area (Å²) in [5, 5.41) is 11.9. The first-order valence-electron chi connectivity index (χ1n) is 6.93. The van der Waals surface area contributed by atoms with Gasteiger partial charge in [-0.05, 0) is 34.0 Å². The van der Waals surface area contributed by atoms with Gasteiger partial charge >= 0.3 is 0 Å². The molecule has 0 unspecified atom stereocenters. The Kier molecular flexibility index (Phi) is 6.89. The minimum Gasteiger partial charge on any atom is -0.396 e. The first-order chi connectivity index (χ1) is 11.3.